The fourth-order valence-corrected chi connectivity index (χ4v) is 11.6. The van der Waals surface area contributed by atoms with Gasteiger partial charge in [-0.05, 0) is 148 Å². The second kappa shape index (κ2) is 14.4. The van der Waals surface area contributed by atoms with Gasteiger partial charge in [0.15, 0.2) is 11.6 Å². The molecule has 0 radical (unpaired) electrons. The van der Waals surface area contributed by atoms with Crippen LogP contribution in [-0.2, 0) is 17.6 Å². The molecule has 7 aliphatic rings. The van der Waals surface area contributed by atoms with E-state index in [1.165, 1.54) is 48.1 Å². The van der Waals surface area contributed by atoms with Crippen molar-refractivity contribution in [2.45, 2.75) is 101 Å². The van der Waals surface area contributed by atoms with Crippen molar-refractivity contribution in [2.24, 2.45) is 17.3 Å². The van der Waals surface area contributed by atoms with Crippen LogP contribution in [0.2, 0.25) is 5.02 Å². The number of allylic oxidation sites excluding steroid dienone is 1. The molecule has 11 nitrogen and oxygen atoms in total. The summed E-state index contributed by atoms with van der Waals surface area (Å²) in [5.41, 5.74) is 6.12. The van der Waals surface area contributed by atoms with Crippen LogP contribution in [0.3, 0.4) is 0 Å². The molecular weight excluding hydrogens is 748 g/mol. The predicted octanol–water partition coefficient (Wildman–Crippen LogP) is 7.22. The van der Waals surface area contributed by atoms with E-state index in [2.05, 4.69) is 50.9 Å². The Morgan fingerprint density at radius 3 is 2.05 bits per heavy atom. The monoisotopic (exact) mass is 798 g/mol. The Hall–Kier alpha value is -4.95. The van der Waals surface area contributed by atoms with Crippen LogP contribution in [0.25, 0.3) is 0 Å². The number of imide groups is 1. The Kier molecular flexibility index (Phi) is 9.27. The molecule has 1 N–H and O–H groups in total. The summed E-state index contributed by atoms with van der Waals surface area (Å²) in [6.07, 6.45) is 14.7. The van der Waals surface area contributed by atoms with Gasteiger partial charge in [0.05, 0.1) is 21.7 Å². The largest absolute Gasteiger partial charge is 0.365 e. The summed E-state index contributed by atoms with van der Waals surface area (Å²) in [5.74, 6) is 2.17. The lowest BCUT2D eigenvalue weighted by atomic mass is 9.76. The van der Waals surface area contributed by atoms with Crippen LogP contribution in [0.4, 0.5) is 17.3 Å². The molecule has 10 rings (SSSR count). The predicted molar refractivity (Wildman–Crippen MR) is 223 cm³/mol. The SMILES string of the molecule is C=C1CCC(N2C(=O)c3cc4c(cc3C2=O)CC(CCCC2CCN(c3ccc(N5CCC6(CC5)CN(c5ccc(C#N)c(Cl)c5)C5(CC5)C6)nn3)CC2)C4)C(=O)N1. The van der Waals surface area contributed by atoms with Crippen molar-refractivity contribution in [1.29, 1.82) is 5.26 Å². The average molecular weight is 799 g/mol. The molecule has 5 fully saturated rings. The number of halogens is 1. The number of hydrogen-bond donors (Lipinski definition) is 1. The number of carbonyl (C=O) groups excluding carboxylic acids is 3. The van der Waals surface area contributed by atoms with Crippen LogP contribution >= 0.6 is 11.6 Å². The lowest BCUT2D eigenvalue weighted by Gasteiger charge is -2.40. The van der Waals surface area contributed by atoms with Crippen LogP contribution in [-0.4, -0.2) is 77.1 Å². The first-order chi connectivity index (χ1) is 28.1. The highest BCUT2D eigenvalue weighted by atomic mass is 35.5. The highest BCUT2D eigenvalue weighted by Gasteiger charge is 2.60. The topological polar surface area (TPSA) is 126 Å². The maximum atomic E-state index is 13.4. The maximum Gasteiger partial charge on any atom is 0.262 e. The molecule has 1 atom stereocenters. The molecular formula is C46H51ClN8O3. The minimum absolute atomic E-state index is 0.254. The average Bonchev–Trinajstić information content (AvgIpc) is 3.68. The molecule has 58 heavy (non-hydrogen) atoms. The van der Waals surface area contributed by atoms with Crippen molar-refractivity contribution < 1.29 is 14.4 Å². The molecule has 1 aromatic heterocycles. The van der Waals surface area contributed by atoms with Gasteiger partial charge in [-0.2, -0.15) is 5.26 Å². The molecule has 1 unspecified atom stereocenters. The van der Waals surface area contributed by atoms with E-state index in [1.54, 1.807) is 0 Å². The molecule has 1 saturated carbocycles. The van der Waals surface area contributed by atoms with E-state index >= 15 is 0 Å². The number of rotatable bonds is 8. The van der Waals surface area contributed by atoms with E-state index in [-0.39, 0.29) is 23.3 Å². The lowest BCUT2D eigenvalue weighted by Crippen LogP contribution is -2.51. The van der Waals surface area contributed by atoms with Crippen molar-refractivity contribution in [3.63, 3.8) is 0 Å². The summed E-state index contributed by atoms with van der Waals surface area (Å²) in [4.78, 5) is 47.9. The number of hydrogen-bond acceptors (Lipinski definition) is 9. The Morgan fingerprint density at radius 2 is 1.47 bits per heavy atom. The summed E-state index contributed by atoms with van der Waals surface area (Å²) < 4.78 is 0. The molecule has 300 valence electrons. The van der Waals surface area contributed by atoms with E-state index in [0.717, 1.165) is 95.0 Å². The Bertz CT molecular complexity index is 2190. The molecule has 2 aliphatic carbocycles. The zero-order valence-corrected chi connectivity index (χ0v) is 33.9. The summed E-state index contributed by atoms with van der Waals surface area (Å²) >= 11 is 6.45. The van der Waals surface area contributed by atoms with Gasteiger partial charge in [-0.3, -0.25) is 19.3 Å². The van der Waals surface area contributed by atoms with Crippen molar-refractivity contribution in [3.05, 3.63) is 87.6 Å². The van der Waals surface area contributed by atoms with E-state index in [0.29, 0.717) is 57.5 Å². The fraction of sp³-hybridized carbons (Fsp3) is 0.522. The number of nitrogens with zero attached hydrogens (tertiary/aromatic N) is 7. The number of carbonyl (C=O) groups is 3. The van der Waals surface area contributed by atoms with Gasteiger partial charge in [-0.1, -0.05) is 31.0 Å². The molecule has 2 spiro atoms. The fourth-order valence-electron chi connectivity index (χ4n) is 11.4. The first-order valence-electron chi connectivity index (χ1n) is 21.4. The van der Waals surface area contributed by atoms with Crippen LogP contribution < -0.4 is 20.0 Å². The Balaban J connectivity index is 0.669. The minimum Gasteiger partial charge on any atom is -0.365 e. The molecule has 0 bridgehead atoms. The van der Waals surface area contributed by atoms with E-state index in [1.807, 2.05) is 24.3 Å². The molecule has 3 amide bonds. The number of anilines is 3. The van der Waals surface area contributed by atoms with E-state index in [4.69, 9.17) is 21.8 Å². The lowest BCUT2D eigenvalue weighted by molar-refractivity contribution is -0.125. The van der Waals surface area contributed by atoms with E-state index < -0.39 is 6.04 Å². The maximum absolute atomic E-state index is 13.4. The first-order valence-corrected chi connectivity index (χ1v) is 21.8. The quantitative estimate of drug-likeness (QED) is 0.235. The van der Waals surface area contributed by atoms with Crippen molar-refractivity contribution in [2.75, 3.05) is 47.4 Å². The Morgan fingerprint density at radius 1 is 0.828 bits per heavy atom. The van der Waals surface area contributed by atoms with Gasteiger partial charge in [0, 0.05) is 49.6 Å². The molecule has 3 aromatic rings. The molecule has 4 saturated heterocycles. The minimum atomic E-state index is -0.774. The molecule has 12 heteroatoms. The van der Waals surface area contributed by atoms with Gasteiger partial charge >= 0.3 is 0 Å². The number of piperidine rings is 3. The highest BCUT2D eigenvalue weighted by molar-refractivity contribution is 6.32. The number of fused-ring (bicyclic) bond motifs is 2. The van der Waals surface area contributed by atoms with Crippen molar-refractivity contribution >= 4 is 46.6 Å². The number of nitriles is 1. The first kappa shape index (κ1) is 37.3. The normalized spacial score (nSPS) is 23.8. The number of aromatic nitrogens is 2. The summed E-state index contributed by atoms with van der Waals surface area (Å²) in [5, 5.41) is 22.1. The van der Waals surface area contributed by atoms with E-state index in [9.17, 15) is 19.6 Å². The third-order valence-corrected chi connectivity index (χ3v) is 15.1. The number of amides is 3. The van der Waals surface area contributed by atoms with Crippen molar-refractivity contribution in [1.82, 2.24) is 20.4 Å². The highest BCUT2D eigenvalue weighted by Crippen LogP contribution is 2.60. The summed E-state index contributed by atoms with van der Waals surface area (Å²) in [6, 6.07) is 15.5. The second-order valence-corrected chi connectivity index (χ2v) is 18.8. The van der Waals surface area contributed by atoms with Crippen LogP contribution in [0.1, 0.15) is 114 Å². The second-order valence-electron chi connectivity index (χ2n) is 18.4. The van der Waals surface area contributed by atoms with Gasteiger partial charge in [-0.25, -0.2) is 0 Å². The Labute approximate surface area is 345 Å². The third kappa shape index (κ3) is 6.61. The van der Waals surface area contributed by atoms with Gasteiger partial charge < -0.3 is 20.0 Å². The summed E-state index contributed by atoms with van der Waals surface area (Å²) in [7, 11) is 0. The van der Waals surface area contributed by atoms with Crippen LogP contribution in [0.15, 0.2) is 54.7 Å². The molecule has 6 heterocycles. The smallest absolute Gasteiger partial charge is 0.262 e. The molecule has 2 aromatic carbocycles. The molecule has 5 aliphatic heterocycles. The number of nitrogens with one attached hydrogen (secondary N) is 1. The number of benzene rings is 2. The van der Waals surface area contributed by atoms with Gasteiger partial charge in [0.1, 0.15) is 12.1 Å². The third-order valence-electron chi connectivity index (χ3n) is 14.8. The van der Waals surface area contributed by atoms with Gasteiger partial charge in [-0.15, -0.1) is 10.2 Å². The van der Waals surface area contributed by atoms with Crippen LogP contribution in [0, 0.1) is 28.6 Å². The van der Waals surface area contributed by atoms with Gasteiger partial charge in [0.2, 0.25) is 5.91 Å². The van der Waals surface area contributed by atoms with Crippen molar-refractivity contribution in [3.8, 4) is 6.07 Å². The zero-order chi connectivity index (χ0) is 39.8. The van der Waals surface area contributed by atoms with Gasteiger partial charge in [0.25, 0.3) is 11.8 Å². The standard InChI is InChI=1S/C46H51ClN8O3/c1-29-5-8-39(42(56)49-29)55-43(57)36-23-33-21-31(22-34(33)24-37(36)44(55)58)4-2-3-30-11-17-52(18-12-30)40-9-10-41(51-50-40)53-19-15-45(16-20-53)27-46(13-14-46)54(28-45)35-7-6-32(26-48)38(47)25-35/h6-7,9-10,23-25,30-31,39H,1-5,8,11-22,27-28H2,(H,49,56). The van der Waals surface area contributed by atoms with Crippen LogP contribution in [0.5, 0.6) is 0 Å². The zero-order valence-electron chi connectivity index (χ0n) is 33.1. The summed E-state index contributed by atoms with van der Waals surface area (Å²) in [6.45, 7) is 8.85.